The van der Waals surface area contributed by atoms with E-state index in [4.69, 9.17) is 10.3 Å². The van der Waals surface area contributed by atoms with E-state index in [1.54, 1.807) is 0 Å². The van der Waals surface area contributed by atoms with Crippen LogP contribution in [0.15, 0.2) is 4.52 Å². The lowest BCUT2D eigenvalue weighted by molar-refractivity contribution is 0.343. The van der Waals surface area contributed by atoms with Crippen LogP contribution in [0.25, 0.3) is 0 Å². The van der Waals surface area contributed by atoms with E-state index in [2.05, 4.69) is 17.1 Å². The Morgan fingerprint density at radius 2 is 2.15 bits per heavy atom. The van der Waals surface area contributed by atoms with Gasteiger partial charge < -0.3 is 10.3 Å². The normalized spacial score (nSPS) is 21.5. The molecule has 0 saturated heterocycles. The van der Waals surface area contributed by atoms with Crippen molar-refractivity contribution in [1.82, 2.24) is 10.1 Å². The third-order valence-electron chi connectivity index (χ3n) is 2.58. The molecule has 0 spiro atoms. The van der Waals surface area contributed by atoms with Crippen LogP contribution < -0.4 is 5.73 Å². The van der Waals surface area contributed by atoms with Crippen molar-refractivity contribution < 1.29 is 4.52 Å². The first kappa shape index (κ1) is 8.69. The molecule has 0 radical (unpaired) electrons. The molecular weight excluding hydrogens is 166 g/mol. The van der Waals surface area contributed by atoms with Crippen LogP contribution in [0, 0.1) is 5.92 Å². The molecule has 2 unspecified atom stereocenters. The third kappa shape index (κ3) is 1.72. The van der Waals surface area contributed by atoms with Gasteiger partial charge in [0.25, 0.3) is 0 Å². The average molecular weight is 181 g/mol. The van der Waals surface area contributed by atoms with Gasteiger partial charge >= 0.3 is 0 Å². The molecule has 1 aromatic rings. The molecule has 2 atom stereocenters. The Morgan fingerprint density at radius 3 is 2.62 bits per heavy atom. The molecule has 1 heterocycles. The van der Waals surface area contributed by atoms with Gasteiger partial charge in [0.05, 0.1) is 6.04 Å². The maximum atomic E-state index is 5.63. The van der Waals surface area contributed by atoms with Gasteiger partial charge in [-0.25, -0.2) is 0 Å². The Bertz CT molecular complexity index is 291. The molecule has 4 heteroatoms. The average Bonchev–Trinajstić information content (AvgIpc) is 2.81. The summed E-state index contributed by atoms with van der Waals surface area (Å²) in [5, 5.41) is 3.84. The highest BCUT2D eigenvalue weighted by atomic mass is 16.5. The molecule has 2 N–H and O–H groups in total. The van der Waals surface area contributed by atoms with Crippen molar-refractivity contribution in [2.24, 2.45) is 11.7 Å². The number of hydrogen-bond donors (Lipinski definition) is 1. The number of nitrogens with zero attached hydrogens (tertiary/aromatic N) is 2. The molecule has 0 amide bonds. The van der Waals surface area contributed by atoms with E-state index in [0.29, 0.717) is 11.7 Å². The molecule has 4 nitrogen and oxygen atoms in total. The molecule has 0 aromatic carbocycles. The summed E-state index contributed by atoms with van der Waals surface area (Å²) in [5.74, 6) is 2.51. The van der Waals surface area contributed by atoms with Gasteiger partial charge in [-0.1, -0.05) is 12.1 Å². The van der Waals surface area contributed by atoms with Crippen LogP contribution in [0.5, 0.6) is 0 Å². The summed E-state index contributed by atoms with van der Waals surface area (Å²) in [6.07, 6.45) is 2.58. The molecule has 1 aliphatic rings. The quantitative estimate of drug-likeness (QED) is 0.769. The minimum atomic E-state index is -0.135. The van der Waals surface area contributed by atoms with E-state index in [1.807, 2.05) is 6.92 Å². The van der Waals surface area contributed by atoms with Gasteiger partial charge in [0.2, 0.25) is 5.89 Å². The molecule has 0 aliphatic heterocycles. The Morgan fingerprint density at radius 1 is 1.46 bits per heavy atom. The van der Waals surface area contributed by atoms with Gasteiger partial charge in [-0.3, -0.25) is 0 Å². The lowest BCUT2D eigenvalue weighted by Crippen LogP contribution is -2.07. The molecule has 1 aromatic heterocycles. The molecule has 1 saturated carbocycles. The molecule has 72 valence electrons. The fourth-order valence-electron chi connectivity index (χ4n) is 1.42. The summed E-state index contributed by atoms with van der Waals surface area (Å²) < 4.78 is 5.15. The molecule has 2 rings (SSSR count). The zero-order valence-corrected chi connectivity index (χ0v) is 8.03. The summed E-state index contributed by atoms with van der Waals surface area (Å²) in [4.78, 5) is 4.27. The van der Waals surface area contributed by atoms with Gasteiger partial charge in [-0.2, -0.15) is 4.98 Å². The van der Waals surface area contributed by atoms with Crippen LogP contribution in [0.4, 0.5) is 0 Å². The van der Waals surface area contributed by atoms with Crippen LogP contribution in [-0.4, -0.2) is 10.1 Å². The minimum Gasteiger partial charge on any atom is -0.339 e. The van der Waals surface area contributed by atoms with E-state index in [0.717, 1.165) is 11.8 Å². The van der Waals surface area contributed by atoms with Crippen LogP contribution in [-0.2, 0) is 0 Å². The van der Waals surface area contributed by atoms with Crippen molar-refractivity contribution in [3.05, 3.63) is 11.7 Å². The predicted octanol–water partition coefficient (Wildman–Crippen LogP) is 1.60. The standard InChI is InChI=1S/C9H15N3O/c1-5(7-3-4-7)9-11-8(6(2)10)12-13-9/h5-7H,3-4,10H2,1-2H3. The van der Waals surface area contributed by atoms with Gasteiger partial charge in [0, 0.05) is 5.92 Å². The van der Waals surface area contributed by atoms with Crippen LogP contribution >= 0.6 is 0 Å². The predicted molar refractivity (Wildman–Crippen MR) is 48.0 cm³/mol. The van der Waals surface area contributed by atoms with Crippen LogP contribution in [0.1, 0.15) is 50.4 Å². The molecule has 13 heavy (non-hydrogen) atoms. The maximum Gasteiger partial charge on any atom is 0.229 e. The second-order valence-corrected chi connectivity index (χ2v) is 3.91. The maximum absolute atomic E-state index is 5.63. The van der Waals surface area contributed by atoms with E-state index >= 15 is 0 Å². The topological polar surface area (TPSA) is 64.9 Å². The summed E-state index contributed by atoms with van der Waals surface area (Å²) in [5.41, 5.74) is 5.63. The first-order valence-electron chi connectivity index (χ1n) is 4.77. The first-order valence-corrected chi connectivity index (χ1v) is 4.77. The monoisotopic (exact) mass is 181 g/mol. The van der Waals surface area contributed by atoms with Crippen LogP contribution in [0.2, 0.25) is 0 Å². The van der Waals surface area contributed by atoms with E-state index in [-0.39, 0.29) is 6.04 Å². The molecule has 0 bridgehead atoms. The summed E-state index contributed by atoms with van der Waals surface area (Å²) in [7, 11) is 0. The van der Waals surface area contributed by atoms with Crippen molar-refractivity contribution in [1.29, 1.82) is 0 Å². The fourth-order valence-corrected chi connectivity index (χ4v) is 1.42. The van der Waals surface area contributed by atoms with Crippen LogP contribution in [0.3, 0.4) is 0 Å². The van der Waals surface area contributed by atoms with E-state index in [1.165, 1.54) is 12.8 Å². The van der Waals surface area contributed by atoms with Crippen molar-refractivity contribution in [3.63, 3.8) is 0 Å². The first-order chi connectivity index (χ1) is 6.18. The van der Waals surface area contributed by atoms with Crippen molar-refractivity contribution in [2.75, 3.05) is 0 Å². The molecular formula is C9H15N3O. The SMILES string of the molecule is CC(N)c1noc(C(C)C2CC2)n1. The molecule has 1 aliphatic carbocycles. The second kappa shape index (κ2) is 3.10. The second-order valence-electron chi connectivity index (χ2n) is 3.91. The fraction of sp³-hybridized carbons (Fsp3) is 0.778. The van der Waals surface area contributed by atoms with Crippen molar-refractivity contribution in [3.8, 4) is 0 Å². The van der Waals surface area contributed by atoms with E-state index < -0.39 is 0 Å². The highest BCUT2D eigenvalue weighted by Gasteiger charge is 2.32. The number of hydrogen-bond acceptors (Lipinski definition) is 4. The number of aromatic nitrogens is 2. The Labute approximate surface area is 77.5 Å². The third-order valence-corrected chi connectivity index (χ3v) is 2.58. The Kier molecular flexibility index (Phi) is 2.07. The zero-order chi connectivity index (χ0) is 9.42. The van der Waals surface area contributed by atoms with Crippen molar-refractivity contribution >= 4 is 0 Å². The number of rotatable bonds is 3. The number of nitrogens with two attached hydrogens (primary N) is 1. The smallest absolute Gasteiger partial charge is 0.229 e. The lowest BCUT2D eigenvalue weighted by Gasteiger charge is -2.01. The summed E-state index contributed by atoms with van der Waals surface area (Å²) >= 11 is 0. The largest absolute Gasteiger partial charge is 0.339 e. The van der Waals surface area contributed by atoms with E-state index in [9.17, 15) is 0 Å². The summed E-state index contributed by atoms with van der Waals surface area (Å²) in [6.45, 7) is 3.99. The van der Waals surface area contributed by atoms with Gasteiger partial charge in [-0.15, -0.1) is 0 Å². The van der Waals surface area contributed by atoms with Crippen molar-refractivity contribution in [2.45, 2.75) is 38.6 Å². The van der Waals surface area contributed by atoms with Gasteiger partial charge in [0.1, 0.15) is 0 Å². The van der Waals surface area contributed by atoms with Gasteiger partial charge in [-0.05, 0) is 25.7 Å². The highest BCUT2D eigenvalue weighted by Crippen LogP contribution is 2.41. The Hall–Kier alpha value is -0.900. The highest BCUT2D eigenvalue weighted by molar-refractivity contribution is 5.00. The summed E-state index contributed by atoms with van der Waals surface area (Å²) in [6, 6.07) is -0.135. The zero-order valence-electron chi connectivity index (χ0n) is 8.03. The Balaban J connectivity index is 2.11. The van der Waals surface area contributed by atoms with Gasteiger partial charge in [0.15, 0.2) is 5.82 Å². The minimum absolute atomic E-state index is 0.135. The lowest BCUT2D eigenvalue weighted by atomic mass is 10.1. The molecule has 1 fully saturated rings.